The Hall–Kier alpha value is -0.120. The Labute approximate surface area is 124 Å². The minimum absolute atomic E-state index is 0.748. The summed E-state index contributed by atoms with van der Waals surface area (Å²) in [6.07, 6.45) is 9.85. The average molecular weight is 279 g/mol. The van der Waals surface area contributed by atoms with E-state index >= 15 is 0 Å². The molecule has 2 saturated heterocycles. The van der Waals surface area contributed by atoms with E-state index in [1.165, 1.54) is 64.6 Å². The molecule has 1 aliphatic carbocycles. The second-order valence-corrected chi connectivity index (χ2v) is 7.56. The lowest BCUT2D eigenvalue weighted by Crippen LogP contribution is -2.55. The number of piperidine rings is 1. The van der Waals surface area contributed by atoms with Crippen molar-refractivity contribution in [1.82, 2.24) is 15.5 Å². The Morgan fingerprint density at radius 2 is 1.85 bits per heavy atom. The van der Waals surface area contributed by atoms with Gasteiger partial charge in [0.05, 0.1) is 0 Å². The fraction of sp³-hybridized carbons (Fsp3) is 1.00. The zero-order valence-corrected chi connectivity index (χ0v) is 13.4. The van der Waals surface area contributed by atoms with Crippen LogP contribution in [0.25, 0.3) is 0 Å². The molecule has 3 fully saturated rings. The second kappa shape index (κ2) is 6.76. The molecule has 0 spiro atoms. The number of hydrogen-bond acceptors (Lipinski definition) is 3. The molecule has 2 aliphatic heterocycles. The maximum absolute atomic E-state index is 4.09. The summed E-state index contributed by atoms with van der Waals surface area (Å²) in [6.45, 7) is 6.20. The maximum Gasteiger partial charge on any atom is 0.0120 e. The van der Waals surface area contributed by atoms with Crippen molar-refractivity contribution in [2.24, 2.45) is 11.8 Å². The normalized spacial score (nSPS) is 43.8. The summed E-state index contributed by atoms with van der Waals surface area (Å²) in [5.41, 5.74) is 0. The van der Waals surface area contributed by atoms with Gasteiger partial charge in [-0.1, -0.05) is 19.8 Å². The van der Waals surface area contributed by atoms with Crippen LogP contribution in [0.4, 0.5) is 0 Å². The van der Waals surface area contributed by atoms with Crippen molar-refractivity contribution in [3.63, 3.8) is 0 Å². The van der Waals surface area contributed by atoms with Gasteiger partial charge in [0.25, 0.3) is 0 Å². The zero-order valence-electron chi connectivity index (χ0n) is 13.4. The van der Waals surface area contributed by atoms with Crippen molar-refractivity contribution < 1.29 is 0 Å². The largest absolute Gasteiger partial charge is 0.314 e. The molecule has 2 N–H and O–H groups in total. The monoisotopic (exact) mass is 279 g/mol. The van der Waals surface area contributed by atoms with E-state index in [1.807, 2.05) is 0 Å². The standard InChI is InChI=1S/C17H33N3/c1-13-12-20(2)11-9-15(13)19-17-7-4-3-6-14(17)16-8-5-10-18-16/h13-19H,3-12H2,1-2H3. The Morgan fingerprint density at radius 1 is 1.00 bits per heavy atom. The first kappa shape index (κ1) is 14.8. The van der Waals surface area contributed by atoms with Crippen molar-refractivity contribution in [2.75, 3.05) is 26.7 Å². The summed E-state index contributed by atoms with van der Waals surface area (Å²) < 4.78 is 0. The lowest BCUT2D eigenvalue weighted by Gasteiger charge is -2.42. The second-order valence-electron chi connectivity index (χ2n) is 7.56. The fourth-order valence-corrected chi connectivity index (χ4v) is 4.80. The van der Waals surface area contributed by atoms with Gasteiger partial charge in [0.15, 0.2) is 0 Å². The van der Waals surface area contributed by atoms with Crippen molar-refractivity contribution >= 4 is 0 Å². The van der Waals surface area contributed by atoms with Crippen LogP contribution in [0.5, 0.6) is 0 Å². The molecule has 3 heteroatoms. The molecule has 2 heterocycles. The number of nitrogens with one attached hydrogen (secondary N) is 2. The summed E-state index contributed by atoms with van der Waals surface area (Å²) in [7, 11) is 2.26. The average Bonchev–Trinajstić information content (AvgIpc) is 2.96. The highest BCUT2D eigenvalue weighted by Crippen LogP contribution is 2.32. The lowest BCUT2D eigenvalue weighted by atomic mass is 9.78. The molecule has 0 bridgehead atoms. The zero-order chi connectivity index (χ0) is 13.9. The maximum atomic E-state index is 4.09. The quantitative estimate of drug-likeness (QED) is 0.829. The van der Waals surface area contributed by atoms with E-state index in [9.17, 15) is 0 Å². The van der Waals surface area contributed by atoms with Crippen LogP contribution < -0.4 is 10.6 Å². The van der Waals surface area contributed by atoms with Crippen molar-refractivity contribution in [1.29, 1.82) is 0 Å². The van der Waals surface area contributed by atoms with E-state index in [0.717, 1.165) is 30.0 Å². The lowest BCUT2D eigenvalue weighted by molar-refractivity contribution is 0.132. The van der Waals surface area contributed by atoms with E-state index in [-0.39, 0.29) is 0 Å². The van der Waals surface area contributed by atoms with Gasteiger partial charge in [-0.2, -0.15) is 0 Å². The molecular weight excluding hydrogens is 246 g/mol. The molecule has 3 rings (SSSR count). The van der Waals surface area contributed by atoms with E-state index in [0.29, 0.717) is 0 Å². The summed E-state index contributed by atoms with van der Waals surface area (Å²) in [5, 5.41) is 7.85. The molecule has 3 nitrogen and oxygen atoms in total. The molecule has 0 aromatic carbocycles. The van der Waals surface area contributed by atoms with Crippen LogP contribution in [-0.2, 0) is 0 Å². The predicted octanol–water partition coefficient (Wildman–Crippen LogP) is 2.23. The summed E-state index contributed by atoms with van der Waals surface area (Å²) in [6, 6.07) is 2.32. The minimum atomic E-state index is 0.748. The predicted molar refractivity (Wildman–Crippen MR) is 85.0 cm³/mol. The van der Waals surface area contributed by atoms with Gasteiger partial charge < -0.3 is 15.5 Å². The summed E-state index contributed by atoms with van der Waals surface area (Å²) >= 11 is 0. The fourth-order valence-electron chi connectivity index (χ4n) is 4.80. The highest BCUT2D eigenvalue weighted by atomic mass is 15.1. The van der Waals surface area contributed by atoms with Crippen LogP contribution in [0, 0.1) is 11.8 Å². The van der Waals surface area contributed by atoms with Crippen molar-refractivity contribution in [3.8, 4) is 0 Å². The Kier molecular flexibility index (Phi) is 5.00. The molecular formula is C17H33N3. The Bertz CT molecular complexity index is 301. The van der Waals surface area contributed by atoms with E-state index in [4.69, 9.17) is 0 Å². The molecule has 5 atom stereocenters. The van der Waals surface area contributed by atoms with E-state index in [1.54, 1.807) is 0 Å². The van der Waals surface area contributed by atoms with Crippen LogP contribution in [0.3, 0.4) is 0 Å². The van der Waals surface area contributed by atoms with Gasteiger partial charge in [0, 0.05) is 24.7 Å². The van der Waals surface area contributed by atoms with Crippen molar-refractivity contribution in [3.05, 3.63) is 0 Å². The SMILES string of the molecule is CC1CN(C)CCC1NC1CCCCC1C1CCCN1. The van der Waals surface area contributed by atoms with Crippen LogP contribution in [-0.4, -0.2) is 49.7 Å². The number of hydrogen-bond donors (Lipinski definition) is 2. The van der Waals surface area contributed by atoms with Gasteiger partial charge in [-0.3, -0.25) is 0 Å². The van der Waals surface area contributed by atoms with Crippen LogP contribution in [0.15, 0.2) is 0 Å². The van der Waals surface area contributed by atoms with Gasteiger partial charge >= 0.3 is 0 Å². The topological polar surface area (TPSA) is 27.3 Å². The van der Waals surface area contributed by atoms with Crippen LogP contribution >= 0.6 is 0 Å². The summed E-state index contributed by atoms with van der Waals surface area (Å²) in [4.78, 5) is 2.49. The highest BCUT2D eigenvalue weighted by Gasteiger charge is 2.35. The smallest absolute Gasteiger partial charge is 0.0120 e. The first-order valence-corrected chi connectivity index (χ1v) is 8.92. The van der Waals surface area contributed by atoms with Gasteiger partial charge in [-0.05, 0) is 64.1 Å². The third-order valence-electron chi connectivity index (χ3n) is 5.97. The first-order chi connectivity index (χ1) is 9.74. The van der Waals surface area contributed by atoms with Crippen LogP contribution in [0.1, 0.15) is 51.9 Å². The molecule has 0 radical (unpaired) electrons. The van der Waals surface area contributed by atoms with Gasteiger partial charge in [0.2, 0.25) is 0 Å². The third kappa shape index (κ3) is 3.37. The molecule has 1 saturated carbocycles. The Balaban J connectivity index is 1.58. The Morgan fingerprint density at radius 3 is 2.60 bits per heavy atom. The first-order valence-electron chi connectivity index (χ1n) is 8.92. The molecule has 0 aromatic heterocycles. The van der Waals surface area contributed by atoms with Crippen LogP contribution in [0.2, 0.25) is 0 Å². The highest BCUT2D eigenvalue weighted by molar-refractivity contribution is 4.94. The number of nitrogens with zero attached hydrogens (tertiary/aromatic N) is 1. The van der Waals surface area contributed by atoms with E-state index < -0.39 is 0 Å². The summed E-state index contributed by atoms with van der Waals surface area (Å²) in [5.74, 6) is 1.69. The molecule has 20 heavy (non-hydrogen) atoms. The number of likely N-dealkylation sites (tertiary alicyclic amines) is 1. The number of rotatable bonds is 3. The third-order valence-corrected chi connectivity index (χ3v) is 5.97. The molecule has 3 aliphatic rings. The van der Waals surface area contributed by atoms with Gasteiger partial charge in [0.1, 0.15) is 0 Å². The molecule has 5 unspecified atom stereocenters. The van der Waals surface area contributed by atoms with E-state index in [2.05, 4.69) is 29.5 Å². The molecule has 0 aromatic rings. The van der Waals surface area contributed by atoms with Crippen molar-refractivity contribution in [2.45, 2.75) is 70.0 Å². The molecule has 0 amide bonds. The molecule has 116 valence electrons. The minimum Gasteiger partial charge on any atom is -0.314 e. The van der Waals surface area contributed by atoms with Gasteiger partial charge in [-0.15, -0.1) is 0 Å². The van der Waals surface area contributed by atoms with Gasteiger partial charge in [-0.25, -0.2) is 0 Å².